The second-order valence-corrected chi connectivity index (χ2v) is 1.98. The fourth-order valence-electron chi connectivity index (χ4n) is 0.301. The van der Waals surface area contributed by atoms with E-state index in [-0.39, 0.29) is 41.2 Å². The van der Waals surface area contributed by atoms with Crippen molar-refractivity contribution in [3.63, 3.8) is 0 Å². The number of aromatic nitrogens is 3. The molecule has 4 nitrogen and oxygen atoms in total. The first-order valence-corrected chi connectivity index (χ1v) is 2.74. The summed E-state index contributed by atoms with van der Waals surface area (Å²) in [5.41, 5.74) is -0.531. The number of H-pyrrole nitrogens is 1. The normalized spacial score (nSPS) is 8.60. The van der Waals surface area contributed by atoms with Crippen LogP contribution in [0.15, 0.2) is 4.79 Å². The summed E-state index contributed by atoms with van der Waals surface area (Å²) in [5.74, 6) is 0. The van der Waals surface area contributed by atoms with Crippen molar-refractivity contribution in [1.29, 1.82) is 0 Å². The summed E-state index contributed by atoms with van der Waals surface area (Å²) < 4.78 is 0. The molecule has 1 heterocycles. The first-order chi connectivity index (χ1) is 4.22. The van der Waals surface area contributed by atoms with Crippen molar-refractivity contribution >= 4 is 23.2 Å². The molecule has 0 aliphatic carbocycles. The minimum Gasteiger partial charge on any atom is -1.00 e. The summed E-state index contributed by atoms with van der Waals surface area (Å²) in [7, 11) is 0. The van der Waals surface area contributed by atoms with Gasteiger partial charge in [0.05, 0.1) is 0 Å². The summed E-state index contributed by atoms with van der Waals surface area (Å²) in [6.45, 7) is 0. The van der Waals surface area contributed by atoms with E-state index in [2.05, 4.69) is 10.3 Å². The number of rotatable bonds is 0. The zero-order chi connectivity index (χ0) is 6.85. The molecule has 0 saturated heterocycles. The molecule has 0 saturated carbocycles. The van der Waals surface area contributed by atoms with Crippen LogP contribution in [0.3, 0.4) is 0 Å². The van der Waals surface area contributed by atoms with Gasteiger partial charge in [0.2, 0.25) is 0 Å². The van der Waals surface area contributed by atoms with E-state index in [1.807, 2.05) is 5.10 Å². The molecule has 0 aromatic carbocycles. The van der Waals surface area contributed by atoms with Gasteiger partial charge in [-0.1, -0.05) is 28.4 Å². The molecular weight excluding hydrogens is 188 g/mol. The summed E-state index contributed by atoms with van der Waals surface area (Å²) in [6, 6.07) is 0. The average Bonchev–Trinajstić information content (AvgIpc) is 1.83. The monoisotopic (exact) mass is 189 g/mol. The fraction of sp³-hybridized carbons (Fsp3) is 0. The van der Waals surface area contributed by atoms with Crippen LogP contribution in [0.25, 0.3) is 0 Å². The van der Waals surface area contributed by atoms with Crippen molar-refractivity contribution in [3.05, 3.63) is 20.5 Å². The summed E-state index contributed by atoms with van der Waals surface area (Å²) >= 11 is 10.6. The third-order valence-corrected chi connectivity index (χ3v) is 1.38. The third-order valence-electron chi connectivity index (χ3n) is 0.670. The molecule has 0 amide bonds. The Hall–Kier alpha value is 0.390. The van der Waals surface area contributed by atoms with Gasteiger partial charge < -0.3 is 1.43 Å². The van der Waals surface area contributed by atoms with Crippen LogP contribution in [0.4, 0.5) is 0 Å². The van der Waals surface area contributed by atoms with E-state index in [9.17, 15) is 4.79 Å². The first-order valence-electron chi connectivity index (χ1n) is 1.98. The molecular formula is C3H2Cl2N3NaO. The van der Waals surface area contributed by atoms with Crippen molar-refractivity contribution in [2.45, 2.75) is 0 Å². The molecule has 1 aromatic rings. The van der Waals surface area contributed by atoms with E-state index in [0.717, 1.165) is 0 Å². The van der Waals surface area contributed by atoms with Gasteiger partial charge in [-0.3, -0.25) is 4.79 Å². The van der Waals surface area contributed by atoms with Crippen LogP contribution in [0, 0.1) is 0 Å². The molecule has 1 aromatic heterocycles. The molecule has 0 spiro atoms. The minimum atomic E-state index is -0.531. The maximum Gasteiger partial charge on any atom is 1.00 e. The van der Waals surface area contributed by atoms with Crippen LogP contribution in [0.2, 0.25) is 10.2 Å². The Morgan fingerprint density at radius 3 is 2.50 bits per heavy atom. The van der Waals surface area contributed by atoms with Gasteiger partial charge in [-0.25, -0.2) is 5.10 Å². The first kappa shape index (κ1) is 10.4. The Kier molecular flexibility index (Phi) is 4.47. The van der Waals surface area contributed by atoms with Gasteiger partial charge in [0.25, 0.3) is 5.56 Å². The van der Waals surface area contributed by atoms with Crippen molar-refractivity contribution in [1.82, 2.24) is 15.4 Å². The molecule has 7 heteroatoms. The Morgan fingerprint density at radius 2 is 2.10 bits per heavy atom. The van der Waals surface area contributed by atoms with E-state index >= 15 is 0 Å². The topological polar surface area (TPSA) is 58.6 Å². The standard InChI is InChI=1S/C3HCl2N3O.Na.H/c4-1-2(5)6-8-7-3(1)9;;/h(H,6,7,9);;/q;+1;-1. The van der Waals surface area contributed by atoms with Gasteiger partial charge in [0.1, 0.15) is 5.02 Å². The van der Waals surface area contributed by atoms with Crippen molar-refractivity contribution in [2.24, 2.45) is 0 Å². The number of halogens is 2. The molecule has 0 atom stereocenters. The van der Waals surface area contributed by atoms with Gasteiger partial charge in [-0.2, -0.15) is 0 Å². The van der Waals surface area contributed by atoms with Crippen LogP contribution in [-0.4, -0.2) is 15.4 Å². The smallest absolute Gasteiger partial charge is 1.00 e. The van der Waals surface area contributed by atoms with Crippen LogP contribution in [-0.2, 0) is 0 Å². The maximum atomic E-state index is 10.5. The molecule has 0 radical (unpaired) electrons. The van der Waals surface area contributed by atoms with E-state index in [1.165, 1.54) is 0 Å². The second-order valence-electron chi connectivity index (χ2n) is 1.25. The van der Waals surface area contributed by atoms with E-state index < -0.39 is 5.56 Å². The molecule has 50 valence electrons. The fourth-order valence-corrected chi connectivity index (χ4v) is 0.505. The van der Waals surface area contributed by atoms with Crippen molar-refractivity contribution < 1.29 is 31.0 Å². The van der Waals surface area contributed by atoms with Crippen LogP contribution < -0.4 is 35.1 Å². The van der Waals surface area contributed by atoms with E-state index in [1.54, 1.807) is 0 Å². The van der Waals surface area contributed by atoms with Crippen molar-refractivity contribution in [2.75, 3.05) is 0 Å². The average molecular weight is 190 g/mol. The van der Waals surface area contributed by atoms with Crippen molar-refractivity contribution in [3.8, 4) is 0 Å². The van der Waals surface area contributed by atoms with Gasteiger partial charge in [-0.05, 0) is 0 Å². The summed E-state index contributed by atoms with van der Waals surface area (Å²) in [5, 5.41) is 8.20. The largest absolute Gasteiger partial charge is 1.00 e. The zero-order valence-electron chi connectivity index (χ0n) is 6.06. The molecule has 0 fully saturated rings. The van der Waals surface area contributed by atoms with Gasteiger partial charge in [0.15, 0.2) is 5.15 Å². The molecule has 10 heavy (non-hydrogen) atoms. The van der Waals surface area contributed by atoms with Gasteiger partial charge in [0, 0.05) is 0 Å². The van der Waals surface area contributed by atoms with E-state index in [0.29, 0.717) is 0 Å². The molecule has 0 aliphatic rings. The van der Waals surface area contributed by atoms with Crippen LogP contribution >= 0.6 is 23.2 Å². The SMILES string of the molecule is O=c1[nH]nnc(Cl)c1Cl.[H-].[Na+]. The Labute approximate surface area is 89.7 Å². The number of hydrogen-bond acceptors (Lipinski definition) is 3. The number of aromatic amines is 1. The quantitative estimate of drug-likeness (QED) is 0.463. The Bertz CT molecular complexity index is 280. The second kappa shape index (κ2) is 4.31. The summed E-state index contributed by atoms with van der Waals surface area (Å²) in [6.07, 6.45) is 0. The zero-order valence-corrected chi connectivity index (χ0v) is 8.57. The summed E-state index contributed by atoms with van der Waals surface area (Å²) in [4.78, 5) is 10.5. The molecule has 1 rings (SSSR count). The molecule has 0 unspecified atom stereocenters. The van der Waals surface area contributed by atoms with Crippen LogP contribution in [0.1, 0.15) is 1.43 Å². The van der Waals surface area contributed by atoms with Crippen LogP contribution in [0.5, 0.6) is 0 Å². The molecule has 0 bridgehead atoms. The number of hydrogen-bond donors (Lipinski definition) is 1. The molecule has 0 aliphatic heterocycles. The predicted octanol–water partition coefficient (Wildman–Crippen LogP) is -2.41. The minimum absolute atomic E-state index is 0. The van der Waals surface area contributed by atoms with Gasteiger partial charge >= 0.3 is 29.6 Å². The predicted molar refractivity (Wildman–Crippen MR) is 33.8 cm³/mol. The number of nitrogens with zero attached hydrogens (tertiary/aromatic N) is 2. The van der Waals surface area contributed by atoms with E-state index in [4.69, 9.17) is 23.2 Å². The maximum absolute atomic E-state index is 10.5. The molecule has 1 N–H and O–H groups in total. The Morgan fingerprint density at radius 1 is 1.50 bits per heavy atom. The third kappa shape index (κ3) is 2.21. The number of nitrogens with one attached hydrogen (secondary N) is 1. The Balaban J connectivity index is 0. The van der Waals surface area contributed by atoms with Gasteiger partial charge in [-0.15, -0.1) is 5.10 Å².